The number of rotatable bonds is 9. The molecule has 0 aliphatic carbocycles. The highest BCUT2D eigenvalue weighted by Crippen LogP contribution is 2.31. The molecule has 0 aliphatic rings. The summed E-state index contributed by atoms with van der Waals surface area (Å²) in [7, 11) is 0. The Kier molecular flexibility index (Phi) is 7.41. The van der Waals surface area contributed by atoms with Gasteiger partial charge in [-0.15, -0.1) is 0 Å². The SMILES string of the molecule is C=C(Oc1c(C)cccc1C)N(c1ccccc1)N(COc1c(C)cccc1C)c1ccccc1. The predicted molar refractivity (Wildman–Crippen MR) is 145 cm³/mol. The molecule has 0 bridgehead atoms. The summed E-state index contributed by atoms with van der Waals surface area (Å²) >= 11 is 0. The molecule has 4 heteroatoms. The molecular weight excluding hydrogens is 432 g/mol. The number of nitrogens with zero attached hydrogens (tertiary/aromatic N) is 2. The van der Waals surface area contributed by atoms with Crippen molar-refractivity contribution in [1.82, 2.24) is 0 Å². The summed E-state index contributed by atoms with van der Waals surface area (Å²) in [5, 5.41) is 4.01. The van der Waals surface area contributed by atoms with Crippen LogP contribution in [-0.2, 0) is 0 Å². The van der Waals surface area contributed by atoms with Crippen molar-refractivity contribution < 1.29 is 9.47 Å². The summed E-state index contributed by atoms with van der Waals surface area (Å²) < 4.78 is 12.9. The number of benzene rings is 4. The van der Waals surface area contributed by atoms with E-state index in [0.717, 1.165) is 45.1 Å². The molecule has 0 N–H and O–H groups in total. The van der Waals surface area contributed by atoms with Gasteiger partial charge in [-0.25, -0.2) is 10.0 Å². The molecule has 0 unspecified atom stereocenters. The first-order chi connectivity index (χ1) is 17.0. The minimum atomic E-state index is 0.264. The van der Waals surface area contributed by atoms with Gasteiger partial charge in [0.25, 0.3) is 0 Å². The average molecular weight is 465 g/mol. The van der Waals surface area contributed by atoms with Crippen LogP contribution in [0.2, 0.25) is 0 Å². The zero-order valence-corrected chi connectivity index (χ0v) is 20.9. The van der Waals surface area contributed by atoms with E-state index in [1.165, 1.54) is 0 Å². The van der Waals surface area contributed by atoms with E-state index in [1.54, 1.807) is 0 Å². The summed E-state index contributed by atoms with van der Waals surface area (Å²) in [6.45, 7) is 12.8. The standard InChI is InChI=1S/C31H32N2O2/c1-23-14-12-15-24(2)30(23)34-22-32(28-18-8-6-9-19-28)33(29-20-10-7-11-21-29)27(5)35-31-25(3)16-13-17-26(31)4/h6-21H,5,22H2,1-4H3. The molecule has 0 amide bonds. The van der Waals surface area contributed by atoms with Crippen LogP contribution in [0.25, 0.3) is 0 Å². The molecule has 0 aromatic heterocycles. The van der Waals surface area contributed by atoms with Crippen LogP contribution in [0.1, 0.15) is 22.3 Å². The first kappa shape index (κ1) is 24.0. The van der Waals surface area contributed by atoms with Crippen LogP contribution in [0.5, 0.6) is 11.5 Å². The van der Waals surface area contributed by atoms with Crippen LogP contribution < -0.4 is 19.5 Å². The molecule has 0 spiro atoms. The summed E-state index contributed by atoms with van der Waals surface area (Å²) in [6.07, 6.45) is 0. The van der Waals surface area contributed by atoms with Crippen LogP contribution in [-0.4, -0.2) is 6.73 Å². The van der Waals surface area contributed by atoms with Gasteiger partial charge in [-0.3, -0.25) is 0 Å². The Morgan fingerprint density at radius 2 is 1.06 bits per heavy atom. The highest BCUT2D eigenvalue weighted by atomic mass is 16.5. The maximum atomic E-state index is 6.43. The van der Waals surface area contributed by atoms with E-state index in [2.05, 4.69) is 44.7 Å². The molecule has 4 aromatic carbocycles. The molecule has 0 saturated carbocycles. The Hall–Kier alpha value is -4.18. The largest absolute Gasteiger partial charge is 0.471 e. The Labute approximate surface area is 208 Å². The lowest BCUT2D eigenvalue weighted by Crippen LogP contribution is -2.46. The molecule has 0 fully saturated rings. The minimum absolute atomic E-state index is 0.264. The molecule has 0 saturated heterocycles. The van der Waals surface area contributed by atoms with Crippen LogP contribution in [0.3, 0.4) is 0 Å². The van der Waals surface area contributed by atoms with Crippen LogP contribution in [0, 0.1) is 27.7 Å². The fourth-order valence-corrected chi connectivity index (χ4v) is 4.11. The summed E-state index contributed by atoms with van der Waals surface area (Å²) in [6, 6.07) is 32.5. The summed E-state index contributed by atoms with van der Waals surface area (Å²) in [5.41, 5.74) is 6.16. The molecule has 4 rings (SSSR count). The van der Waals surface area contributed by atoms with Gasteiger partial charge in [0.1, 0.15) is 11.5 Å². The van der Waals surface area contributed by atoms with Gasteiger partial charge in [0.05, 0.1) is 11.4 Å². The first-order valence-electron chi connectivity index (χ1n) is 11.8. The van der Waals surface area contributed by atoms with Crippen LogP contribution in [0.4, 0.5) is 11.4 Å². The number of hydrogen-bond acceptors (Lipinski definition) is 4. The van der Waals surface area contributed by atoms with Crippen molar-refractivity contribution in [3.63, 3.8) is 0 Å². The fourth-order valence-electron chi connectivity index (χ4n) is 4.11. The fraction of sp³-hybridized carbons (Fsp3) is 0.161. The lowest BCUT2D eigenvalue weighted by molar-refractivity contribution is 0.296. The normalized spacial score (nSPS) is 10.5. The van der Waals surface area contributed by atoms with Crippen molar-refractivity contribution in [2.45, 2.75) is 27.7 Å². The Morgan fingerprint density at radius 1 is 0.600 bits per heavy atom. The van der Waals surface area contributed by atoms with Crippen molar-refractivity contribution in [3.05, 3.63) is 132 Å². The third-order valence-corrected chi connectivity index (χ3v) is 5.90. The van der Waals surface area contributed by atoms with Gasteiger partial charge in [-0.1, -0.05) is 72.8 Å². The van der Waals surface area contributed by atoms with E-state index in [-0.39, 0.29) is 6.73 Å². The molecule has 178 valence electrons. The van der Waals surface area contributed by atoms with E-state index in [9.17, 15) is 0 Å². The van der Waals surface area contributed by atoms with Crippen molar-refractivity contribution >= 4 is 11.4 Å². The average Bonchev–Trinajstić information content (AvgIpc) is 2.86. The van der Waals surface area contributed by atoms with Crippen LogP contribution >= 0.6 is 0 Å². The topological polar surface area (TPSA) is 24.9 Å². The molecular formula is C31H32N2O2. The van der Waals surface area contributed by atoms with E-state index in [4.69, 9.17) is 9.47 Å². The quantitative estimate of drug-likeness (QED) is 0.144. The lowest BCUT2D eigenvalue weighted by atomic mass is 10.1. The lowest BCUT2D eigenvalue weighted by Gasteiger charge is -2.38. The zero-order valence-electron chi connectivity index (χ0n) is 20.9. The van der Waals surface area contributed by atoms with Crippen LogP contribution in [0.15, 0.2) is 110 Å². The number of anilines is 2. The Bertz CT molecular complexity index is 1250. The zero-order chi connectivity index (χ0) is 24.8. The third kappa shape index (κ3) is 5.49. The molecule has 0 atom stereocenters. The molecule has 0 heterocycles. The highest BCUT2D eigenvalue weighted by molar-refractivity contribution is 5.61. The van der Waals surface area contributed by atoms with Crippen molar-refractivity contribution in [1.29, 1.82) is 0 Å². The summed E-state index contributed by atoms with van der Waals surface area (Å²) in [5.74, 6) is 2.16. The minimum Gasteiger partial charge on any atom is -0.471 e. The second-order valence-electron chi connectivity index (χ2n) is 8.59. The smallest absolute Gasteiger partial charge is 0.212 e. The maximum Gasteiger partial charge on any atom is 0.212 e. The highest BCUT2D eigenvalue weighted by Gasteiger charge is 2.23. The summed E-state index contributed by atoms with van der Waals surface area (Å²) in [4.78, 5) is 0. The maximum absolute atomic E-state index is 6.43. The number of para-hydroxylation sites is 4. The number of hydrazine groups is 1. The molecule has 0 radical (unpaired) electrons. The van der Waals surface area contributed by atoms with E-state index in [1.807, 2.05) is 96.7 Å². The van der Waals surface area contributed by atoms with Gasteiger partial charge in [0.15, 0.2) is 6.73 Å². The Morgan fingerprint density at radius 3 is 1.57 bits per heavy atom. The third-order valence-electron chi connectivity index (χ3n) is 5.90. The molecule has 35 heavy (non-hydrogen) atoms. The van der Waals surface area contributed by atoms with Gasteiger partial charge in [0, 0.05) is 0 Å². The van der Waals surface area contributed by atoms with Crippen molar-refractivity contribution in [3.8, 4) is 11.5 Å². The van der Waals surface area contributed by atoms with Gasteiger partial charge in [-0.2, -0.15) is 0 Å². The van der Waals surface area contributed by atoms with Gasteiger partial charge in [0.2, 0.25) is 5.88 Å². The number of ether oxygens (including phenoxy) is 2. The van der Waals surface area contributed by atoms with Gasteiger partial charge >= 0.3 is 0 Å². The monoisotopic (exact) mass is 464 g/mol. The predicted octanol–water partition coefficient (Wildman–Crippen LogP) is 7.73. The van der Waals surface area contributed by atoms with Crippen molar-refractivity contribution in [2.24, 2.45) is 0 Å². The van der Waals surface area contributed by atoms with E-state index >= 15 is 0 Å². The molecule has 4 nitrogen and oxygen atoms in total. The molecule has 4 aromatic rings. The second-order valence-corrected chi connectivity index (χ2v) is 8.59. The van der Waals surface area contributed by atoms with E-state index < -0.39 is 0 Å². The molecule has 0 aliphatic heterocycles. The Balaban J connectivity index is 1.75. The number of aryl methyl sites for hydroxylation is 4. The first-order valence-corrected chi connectivity index (χ1v) is 11.8. The van der Waals surface area contributed by atoms with Crippen molar-refractivity contribution in [2.75, 3.05) is 16.7 Å². The second kappa shape index (κ2) is 10.8. The van der Waals surface area contributed by atoms with E-state index in [0.29, 0.717) is 5.88 Å². The number of hydrogen-bond donors (Lipinski definition) is 0. The van der Waals surface area contributed by atoms with Gasteiger partial charge < -0.3 is 9.47 Å². The van der Waals surface area contributed by atoms with Gasteiger partial charge in [-0.05, 0) is 80.8 Å².